The zero-order chi connectivity index (χ0) is 10.8. The minimum Gasteiger partial charge on any atom is -0.368 e. The highest BCUT2D eigenvalue weighted by atomic mass is 32.2. The summed E-state index contributed by atoms with van der Waals surface area (Å²) in [6.45, 7) is 0. The van der Waals surface area contributed by atoms with Gasteiger partial charge in [0.15, 0.2) is 0 Å². The molecule has 1 aromatic carbocycles. The van der Waals surface area contributed by atoms with Crippen molar-refractivity contribution in [3.63, 3.8) is 0 Å². The molecule has 6 heteroatoms. The summed E-state index contributed by atoms with van der Waals surface area (Å²) in [7, 11) is 0. The minimum atomic E-state index is -0.373. The van der Waals surface area contributed by atoms with Gasteiger partial charge >= 0.3 is 0 Å². The molecule has 0 radical (unpaired) electrons. The lowest BCUT2D eigenvalue weighted by molar-refractivity contribution is 0.610. The monoisotopic (exact) mass is 224 g/mol. The van der Waals surface area contributed by atoms with E-state index in [1.807, 2.05) is 6.26 Å². The van der Waals surface area contributed by atoms with Crippen molar-refractivity contribution in [1.29, 1.82) is 0 Å². The van der Waals surface area contributed by atoms with Gasteiger partial charge in [-0.2, -0.15) is 9.67 Å². The van der Waals surface area contributed by atoms with Crippen LogP contribution in [0.15, 0.2) is 29.4 Å². The first kappa shape index (κ1) is 9.97. The molecule has 1 heterocycles. The predicted octanol–water partition coefficient (Wildman–Crippen LogP) is 1.71. The molecule has 0 saturated carbocycles. The molecular weight excluding hydrogens is 215 g/mol. The number of nitrogens with two attached hydrogens (primary N) is 1. The van der Waals surface area contributed by atoms with Gasteiger partial charge in [-0.1, -0.05) is 23.9 Å². The van der Waals surface area contributed by atoms with Gasteiger partial charge in [-0.15, -0.1) is 5.10 Å². The Kier molecular flexibility index (Phi) is 2.59. The summed E-state index contributed by atoms with van der Waals surface area (Å²) in [5, 5.41) is 4.59. The number of hydrogen-bond donors (Lipinski definition) is 1. The van der Waals surface area contributed by atoms with Crippen LogP contribution in [-0.2, 0) is 0 Å². The number of anilines is 1. The molecule has 2 aromatic rings. The molecule has 0 fully saturated rings. The molecule has 0 aliphatic heterocycles. The largest absolute Gasteiger partial charge is 0.368 e. The average molecular weight is 224 g/mol. The Balaban J connectivity index is 2.54. The molecule has 0 aliphatic carbocycles. The molecule has 2 N–H and O–H groups in total. The van der Waals surface area contributed by atoms with E-state index in [2.05, 4.69) is 10.1 Å². The van der Waals surface area contributed by atoms with E-state index in [-0.39, 0.29) is 11.8 Å². The number of thioether (sulfide) groups is 1. The summed E-state index contributed by atoms with van der Waals surface area (Å²) in [6.07, 6.45) is 1.83. The predicted molar refractivity (Wildman–Crippen MR) is 57.5 cm³/mol. The van der Waals surface area contributed by atoms with E-state index >= 15 is 0 Å². The van der Waals surface area contributed by atoms with Gasteiger partial charge < -0.3 is 5.73 Å². The van der Waals surface area contributed by atoms with Crippen molar-refractivity contribution in [3.8, 4) is 5.69 Å². The minimum absolute atomic E-state index is 0.185. The highest BCUT2D eigenvalue weighted by molar-refractivity contribution is 7.98. The third-order valence-electron chi connectivity index (χ3n) is 1.88. The number of hydrogen-bond acceptors (Lipinski definition) is 4. The lowest BCUT2D eigenvalue weighted by Crippen LogP contribution is -2.04. The maximum atomic E-state index is 13.4. The fraction of sp³-hybridized carbons (Fsp3) is 0.111. The summed E-state index contributed by atoms with van der Waals surface area (Å²) in [5.74, 6) is -0.189. The quantitative estimate of drug-likeness (QED) is 0.789. The molecule has 0 saturated heterocycles. The Bertz CT molecular complexity index is 483. The first-order valence-electron chi connectivity index (χ1n) is 4.24. The van der Waals surface area contributed by atoms with Crippen molar-refractivity contribution in [2.24, 2.45) is 0 Å². The summed E-state index contributed by atoms with van der Waals surface area (Å²) in [6, 6.07) is 6.29. The number of halogens is 1. The Morgan fingerprint density at radius 1 is 1.40 bits per heavy atom. The Labute approximate surface area is 90.3 Å². The summed E-state index contributed by atoms with van der Waals surface area (Å²) in [5.41, 5.74) is 5.94. The number of aromatic nitrogens is 3. The summed E-state index contributed by atoms with van der Waals surface area (Å²) >= 11 is 1.36. The van der Waals surface area contributed by atoms with Gasteiger partial charge in [0.05, 0.1) is 0 Å². The van der Waals surface area contributed by atoms with Gasteiger partial charge in [0.2, 0.25) is 11.1 Å². The Morgan fingerprint density at radius 2 is 2.13 bits per heavy atom. The van der Waals surface area contributed by atoms with Crippen LogP contribution in [0.1, 0.15) is 0 Å². The van der Waals surface area contributed by atoms with Crippen LogP contribution in [0, 0.1) is 5.82 Å². The standard InChI is InChI=1S/C9H9FN4S/c1-15-9-12-8(11)14(13-9)7-5-3-2-4-6(7)10/h2-5H,1H3,(H2,11,12,13). The average Bonchev–Trinajstić information content (AvgIpc) is 2.60. The number of nitrogens with zero attached hydrogens (tertiary/aromatic N) is 3. The zero-order valence-electron chi connectivity index (χ0n) is 8.01. The van der Waals surface area contributed by atoms with Gasteiger partial charge in [0.25, 0.3) is 0 Å². The van der Waals surface area contributed by atoms with Crippen molar-refractivity contribution >= 4 is 17.7 Å². The highest BCUT2D eigenvalue weighted by Gasteiger charge is 2.10. The van der Waals surface area contributed by atoms with Gasteiger partial charge in [-0.05, 0) is 18.4 Å². The van der Waals surface area contributed by atoms with Crippen LogP contribution < -0.4 is 5.73 Å². The van der Waals surface area contributed by atoms with Crippen molar-refractivity contribution in [2.45, 2.75) is 5.16 Å². The van der Waals surface area contributed by atoms with Crippen LogP contribution in [0.3, 0.4) is 0 Å². The van der Waals surface area contributed by atoms with Crippen molar-refractivity contribution in [1.82, 2.24) is 14.8 Å². The fourth-order valence-electron chi connectivity index (χ4n) is 1.19. The van der Waals surface area contributed by atoms with Crippen LogP contribution >= 0.6 is 11.8 Å². The second-order valence-electron chi connectivity index (χ2n) is 2.82. The number of nitrogen functional groups attached to an aromatic ring is 1. The number of benzene rings is 1. The molecule has 0 unspecified atom stereocenters. The molecule has 15 heavy (non-hydrogen) atoms. The van der Waals surface area contributed by atoms with Gasteiger partial charge in [-0.25, -0.2) is 4.39 Å². The molecule has 2 rings (SSSR count). The summed E-state index contributed by atoms with van der Waals surface area (Å²) in [4.78, 5) is 3.97. The van der Waals surface area contributed by atoms with E-state index in [0.717, 1.165) is 0 Å². The molecule has 0 atom stereocenters. The molecule has 0 bridgehead atoms. The molecule has 4 nitrogen and oxygen atoms in total. The summed E-state index contributed by atoms with van der Waals surface area (Å²) < 4.78 is 14.7. The maximum absolute atomic E-state index is 13.4. The number of para-hydroxylation sites is 1. The normalized spacial score (nSPS) is 10.5. The van der Waals surface area contributed by atoms with Gasteiger partial charge in [0, 0.05) is 0 Å². The van der Waals surface area contributed by atoms with E-state index in [9.17, 15) is 4.39 Å². The second kappa shape index (κ2) is 3.90. The van der Waals surface area contributed by atoms with E-state index < -0.39 is 0 Å². The molecule has 0 aliphatic rings. The smallest absolute Gasteiger partial charge is 0.224 e. The van der Waals surface area contributed by atoms with E-state index in [1.165, 1.54) is 22.5 Å². The highest BCUT2D eigenvalue weighted by Crippen LogP contribution is 2.18. The number of rotatable bonds is 2. The van der Waals surface area contributed by atoms with Crippen molar-refractivity contribution < 1.29 is 4.39 Å². The third kappa shape index (κ3) is 1.80. The van der Waals surface area contributed by atoms with E-state index in [1.54, 1.807) is 18.2 Å². The molecule has 1 aromatic heterocycles. The molecule has 0 amide bonds. The van der Waals surface area contributed by atoms with Crippen LogP contribution in [0.25, 0.3) is 5.69 Å². The first-order valence-corrected chi connectivity index (χ1v) is 5.46. The molecular formula is C9H9FN4S. The zero-order valence-corrected chi connectivity index (χ0v) is 8.83. The van der Waals surface area contributed by atoms with Crippen molar-refractivity contribution in [3.05, 3.63) is 30.1 Å². The van der Waals surface area contributed by atoms with Gasteiger partial charge in [-0.3, -0.25) is 0 Å². The Hall–Kier alpha value is -1.56. The van der Waals surface area contributed by atoms with E-state index in [4.69, 9.17) is 5.73 Å². The fourth-order valence-corrected chi connectivity index (χ4v) is 1.54. The first-order chi connectivity index (χ1) is 7.22. The molecule has 78 valence electrons. The maximum Gasteiger partial charge on any atom is 0.224 e. The van der Waals surface area contributed by atoms with Crippen LogP contribution in [-0.4, -0.2) is 21.0 Å². The van der Waals surface area contributed by atoms with E-state index in [0.29, 0.717) is 10.8 Å². The lowest BCUT2D eigenvalue weighted by Gasteiger charge is -2.02. The van der Waals surface area contributed by atoms with Crippen LogP contribution in [0.2, 0.25) is 0 Å². The lowest BCUT2D eigenvalue weighted by atomic mass is 10.3. The Morgan fingerprint density at radius 3 is 2.73 bits per heavy atom. The van der Waals surface area contributed by atoms with Gasteiger partial charge in [0.1, 0.15) is 11.5 Å². The third-order valence-corrected chi connectivity index (χ3v) is 2.41. The topological polar surface area (TPSA) is 56.7 Å². The van der Waals surface area contributed by atoms with Crippen molar-refractivity contribution in [2.75, 3.05) is 12.0 Å². The SMILES string of the molecule is CSc1nc(N)n(-c2ccccc2F)n1. The molecule has 0 spiro atoms. The van der Waals surface area contributed by atoms with Crippen LogP contribution in [0.5, 0.6) is 0 Å². The van der Waals surface area contributed by atoms with Crippen LogP contribution in [0.4, 0.5) is 10.3 Å². The second-order valence-corrected chi connectivity index (χ2v) is 3.59.